The van der Waals surface area contributed by atoms with Gasteiger partial charge in [-0.05, 0) is 23.3 Å². The lowest BCUT2D eigenvalue weighted by Crippen LogP contribution is -2.21. The van der Waals surface area contributed by atoms with E-state index in [0.29, 0.717) is 0 Å². The maximum Gasteiger partial charge on any atom is 0.127 e. The molecule has 1 N–H and O–H groups in total. The van der Waals surface area contributed by atoms with Crippen molar-refractivity contribution in [3.63, 3.8) is 0 Å². The molecule has 1 aromatic heterocycles. The topological polar surface area (TPSA) is 50.9 Å². The molecule has 2 atom stereocenters. The molecule has 4 heteroatoms. The minimum Gasteiger partial charge on any atom is -0.386 e. The molecule has 0 spiro atoms. The van der Waals surface area contributed by atoms with Gasteiger partial charge in [0, 0.05) is 0 Å². The molecule has 0 saturated heterocycles. The highest BCUT2D eigenvalue weighted by molar-refractivity contribution is 5.73. The first-order valence-corrected chi connectivity index (χ1v) is 7.92. The van der Waals surface area contributed by atoms with Crippen LogP contribution in [0, 0.1) is 0 Å². The Bertz CT molecular complexity index is 902. The van der Waals surface area contributed by atoms with Crippen LogP contribution in [0.25, 0.3) is 11.0 Å². The van der Waals surface area contributed by atoms with Crippen molar-refractivity contribution in [2.75, 3.05) is 0 Å². The third-order valence-electron chi connectivity index (χ3n) is 4.13. The van der Waals surface area contributed by atoms with Crippen molar-refractivity contribution in [3.8, 4) is 0 Å². The van der Waals surface area contributed by atoms with Crippen LogP contribution in [0.5, 0.6) is 0 Å². The van der Waals surface area contributed by atoms with E-state index in [2.05, 4.69) is 10.2 Å². The number of hydrogen-bond acceptors (Lipinski definition) is 3. The van der Waals surface area contributed by atoms with Crippen molar-refractivity contribution < 1.29 is 5.11 Å². The van der Waals surface area contributed by atoms with E-state index in [-0.39, 0.29) is 6.04 Å². The fourth-order valence-corrected chi connectivity index (χ4v) is 2.93. The number of fused-ring (bicyclic) bond motifs is 1. The molecule has 0 aliphatic rings. The quantitative estimate of drug-likeness (QED) is 0.624. The van der Waals surface area contributed by atoms with Crippen molar-refractivity contribution in [1.29, 1.82) is 0 Å². The van der Waals surface area contributed by atoms with Crippen molar-refractivity contribution >= 4 is 11.0 Å². The predicted molar refractivity (Wildman–Crippen MR) is 93.5 cm³/mol. The number of aliphatic hydroxyl groups excluding tert-OH is 1. The maximum atomic E-state index is 11.0. The number of hydrogen-bond donors (Lipinski definition) is 1. The molecule has 4 nitrogen and oxygen atoms in total. The van der Waals surface area contributed by atoms with Gasteiger partial charge in [-0.3, -0.25) is 0 Å². The van der Waals surface area contributed by atoms with Gasteiger partial charge in [0.05, 0.1) is 0 Å². The molecular weight excluding hydrogens is 298 g/mol. The molecule has 0 aliphatic carbocycles. The number of benzene rings is 3. The average Bonchev–Trinajstić information content (AvgIpc) is 3.07. The zero-order valence-corrected chi connectivity index (χ0v) is 13.0. The Kier molecular flexibility index (Phi) is 3.81. The Morgan fingerprint density at radius 2 is 1.08 bits per heavy atom. The first kappa shape index (κ1) is 14.6. The van der Waals surface area contributed by atoms with Crippen LogP contribution in [0.3, 0.4) is 0 Å². The zero-order chi connectivity index (χ0) is 16.4. The Morgan fingerprint density at radius 3 is 1.62 bits per heavy atom. The fraction of sp³-hybridized carbons (Fsp3) is 0.100. The summed E-state index contributed by atoms with van der Waals surface area (Å²) in [6, 6.07) is 26.8. The van der Waals surface area contributed by atoms with E-state index in [4.69, 9.17) is 0 Å². The van der Waals surface area contributed by atoms with Gasteiger partial charge in [0.25, 0.3) is 0 Å². The number of rotatable bonds is 4. The monoisotopic (exact) mass is 315 g/mol. The normalized spacial score (nSPS) is 13.7. The van der Waals surface area contributed by atoms with E-state index in [9.17, 15) is 5.11 Å². The van der Waals surface area contributed by atoms with Crippen molar-refractivity contribution in [2.45, 2.75) is 12.1 Å². The molecule has 0 aliphatic heterocycles. The molecule has 0 amide bonds. The van der Waals surface area contributed by atoms with Crippen molar-refractivity contribution in [3.05, 3.63) is 96.1 Å². The van der Waals surface area contributed by atoms with Crippen LogP contribution in [-0.4, -0.2) is 20.1 Å². The van der Waals surface area contributed by atoms with E-state index >= 15 is 0 Å². The van der Waals surface area contributed by atoms with Crippen LogP contribution in [0.1, 0.15) is 23.3 Å². The van der Waals surface area contributed by atoms with Gasteiger partial charge in [-0.15, -0.1) is 0 Å². The third-order valence-corrected chi connectivity index (χ3v) is 4.13. The molecule has 0 bridgehead atoms. The molecule has 118 valence electrons. The van der Waals surface area contributed by atoms with E-state index in [1.807, 2.05) is 84.9 Å². The number of aliphatic hydroxyl groups is 1. The summed E-state index contributed by atoms with van der Waals surface area (Å²) in [5.74, 6) is 0. The van der Waals surface area contributed by atoms with Crippen molar-refractivity contribution in [1.82, 2.24) is 15.0 Å². The second-order valence-electron chi connectivity index (χ2n) is 5.72. The Morgan fingerprint density at radius 1 is 0.625 bits per heavy atom. The van der Waals surface area contributed by atoms with Crippen LogP contribution in [0.15, 0.2) is 84.9 Å². The van der Waals surface area contributed by atoms with Crippen LogP contribution in [-0.2, 0) is 0 Å². The van der Waals surface area contributed by atoms with E-state index in [1.165, 1.54) is 0 Å². The molecule has 0 saturated carbocycles. The van der Waals surface area contributed by atoms with E-state index in [1.54, 1.807) is 4.80 Å². The molecule has 24 heavy (non-hydrogen) atoms. The average molecular weight is 315 g/mol. The molecule has 4 aromatic rings. The number of nitrogens with zero attached hydrogens (tertiary/aromatic N) is 3. The maximum absolute atomic E-state index is 11.0. The lowest BCUT2D eigenvalue weighted by atomic mass is 9.96. The van der Waals surface area contributed by atoms with Gasteiger partial charge in [0.1, 0.15) is 23.2 Å². The van der Waals surface area contributed by atoms with Gasteiger partial charge in [-0.1, -0.05) is 72.8 Å². The molecule has 3 aromatic carbocycles. The summed E-state index contributed by atoms with van der Waals surface area (Å²) < 4.78 is 0. The standard InChI is InChI=1S/C20H17N3O/c24-20(16-11-5-2-6-12-16)19(15-9-3-1-4-10-15)23-21-17-13-7-8-14-18(17)22-23/h1-14,19-20,24H/t19-,20-/m0/s1. The summed E-state index contributed by atoms with van der Waals surface area (Å²) in [6.07, 6.45) is -0.740. The first-order valence-electron chi connectivity index (χ1n) is 7.92. The van der Waals surface area contributed by atoms with Crippen LogP contribution < -0.4 is 0 Å². The van der Waals surface area contributed by atoms with Gasteiger partial charge < -0.3 is 5.11 Å². The predicted octanol–water partition coefficient (Wildman–Crippen LogP) is 3.75. The lowest BCUT2D eigenvalue weighted by Gasteiger charge is -2.23. The largest absolute Gasteiger partial charge is 0.386 e. The second kappa shape index (κ2) is 6.26. The molecule has 4 rings (SSSR count). The van der Waals surface area contributed by atoms with Crippen LogP contribution in [0.4, 0.5) is 0 Å². The fourth-order valence-electron chi connectivity index (χ4n) is 2.93. The second-order valence-corrected chi connectivity index (χ2v) is 5.72. The SMILES string of the molecule is O[C@@H](c1ccccc1)[C@H](c1ccccc1)n1nc2ccccc2n1. The molecular formula is C20H17N3O. The first-order chi connectivity index (χ1) is 11.8. The Hall–Kier alpha value is -2.98. The summed E-state index contributed by atoms with van der Waals surface area (Å²) in [7, 11) is 0. The third kappa shape index (κ3) is 2.68. The van der Waals surface area contributed by atoms with Crippen LogP contribution >= 0.6 is 0 Å². The van der Waals surface area contributed by atoms with Gasteiger partial charge in [0.15, 0.2) is 0 Å². The number of aromatic nitrogens is 3. The molecule has 0 fully saturated rings. The smallest absolute Gasteiger partial charge is 0.127 e. The summed E-state index contributed by atoms with van der Waals surface area (Å²) in [5, 5.41) is 20.2. The zero-order valence-electron chi connectivity index (χ0n) is 13.0. The van der Waals surface area contributed by atoms with Gasteiger partial charge in [-0.25, -0.2) is 0 Å². The van der Waals surface area contributed by atoms with E-state index in [0.717, 1.165) is 22.2 Å². The molecule has 0 unspecified atom stereocenters. The Labute approximate surface area is 140 Å². The summed E-state index contributed by atoms with van der Waals surface area (Å²) >= 11 is 0. The lowest BCUT2D eigenvalue weighted by molar-refractivity contribution is 0.118. The van der Waals surface area contributed by atoms with Crippen molar-refractivity contribution in [2.24, 2.45) is 0 Å². The molecule has 0 radical (unpaired) electrons. The Balaban J connectivity index is 1.84. The van der Waals surface area contributed by atoms with Gasteiger partial charge in [0.2, 0.25) is 0 Å². The summed E-state index contributed by atoms with van der Waals surface area (Å²) in [4.78, 5) is 1.62. The summed E-state index contributed by atoms with van der Waals surface area (Å²) in [6.45, 7) is 0. The molecule has 1 heterocycles. The van der Waals surface area contributed by atoms with E-state index < -0.39 is 6.10 Å². The highest BCUT2D eigenvalue weighted by Crippen LogP contribution is 2.31. The minimum absolute atomic E-state index is 0.388. The summed E-state index contributed by atoms with van der Waals surface area (Å²) in [5.41, 5.74) is 3.44. The minimum atomic E-state index is -0.740. The highest BCUT2D eigenvalue weighted by Gasteiger charge is 2.26. The van der Waals surface area contributed by atoms with Crippen LogP contribution in [0.2, 0.25) is 0 Å². The van der Waals surface area contributed by atoms with Gasteiger partial charge in [-0.2, -0.15) is 15.0 Å². The highest BCUT2D eigenvalue weighted by atomic mass is 16.3. The van der Waals surface area contributed by atoms with Gasteiger partial charge >= 0.3 is 0 Å².